The van der Waals surface area contributed by atoms with Gasteiger partial charge in [-0.3, -0.25) is 4.79 Å². The van der Waals surface area contributed by atoms with E-state index < -0.39 is 48.2 Å². The average molecular weight is 674 g/mol. The number of carbonyl (C=O) groups excluding carboxylic acids is 1. The maximum Gasteiger partial charge on any atom is 0.417 e. The molecule has 0 spiro atoms. The van der Waals surface area contributed by atoms with Crippen LogP contribution in [0.4, 0.5) is 19.0 Å². The van der Waals surface area contributed by atoms with Crippen molar-refractivity contribution >= 4 is 51.4 Å². The topological polar surface area (TPSA) is 131 Å². The first kappa shape index (κ1) is 31.4. The lowest BCUT2D eigenvalue weighted by Crippen LogP contribution is -2.49. The number of halogens is 4. The van der Waals surface area contributed by atoms with Gasteiger partial charge >= 0.3 is 12.1 Å². The highest BCUT2D eigenvalue weighted by Gasteiger charge is 2.48. The van der Waals surface area contributed by atoms with Gasteiger partial charge in [0.15, 0.2) is 11.4 Å². The van der Waals surface area contributed by atoms with Crippen molar-refractivity contribution in [1.82, 2.24) is 19.9 Å². The molecule has 2 fully saturated rings. The fraction of sp³-hybridized carbons (Fsp3) is 0.469. The number of benzene rings is 1. The van der Waals surface area contributed by atoms with E-state index in [1.54, 1.807) is 36.1 Å². The first-order chi connectivity index (χ1) is 22.4. The second-order valence-electron chi connectivity index (χ2n) is 12.3. The van der Waals surface area contributed by atoms with E-state index in [-0.39, 0.29) is 91.0 Å². The van der Waals surface area contributed by atoms with Crippen LogP contribution in [0.2, 0.25) is 5.02 Å². The largest absolute Gasteiger partial charge is 0.480 e. The number of para-hydroxylation sites is 1. The van der Waals surface area contributed by atoms with Crippen LogP contribution in [0.3, 0.4) is 0 Å². The molecule has 2 saturated heterocycles. The number of aromatic nitrogens is 3. The van der Waals surface area contributed by atoms with Crippen molar-refractivity contribution in [2.24, 2.45) is 5.92 Å². The van der Waals surface area contributed by atoms with Crippen molar-refractivity contribution in [3.05, 3.63) is 52.9 Å². The molecule has 7 heterocycles. The number of alkyl halides is 3. The number of rotatable bonds is 1. The molecule has 248 valence electrons. The maximum absolute atomic E-state index is 17.0. The summed E-state index contributed by atoms with van der Waals surface area (Å²) in [5.74, 6) is -3.33. The molecule has 1 aromatic carbocycles. The van der Waals surface area contributed by atoms with E-state index in [1.807, 2.05) is 0 Å². The van der Waals surface area contributed by atoms with Crippen LogP contribution in [-0.2, 0) is 26.1 Å². The van der Waals surface area contributed by atoms with Gasteiger partial charge in [0.25, 0.3) is 0 Å². The van der Waals surface area contributed by atoms with Gasteiger partial charge in [-0.2, -0.15) is 8.78 Å². The third kappa shape index (κ3) is 5.60. The molecule has 1 N–H and O–H groups in total. The molecule has 8 rings (SSSR count). The minimum absolute atomic E-state index is 0.0203. The molecule has 0 unspecified atom stereocenters. The molecule has 11 nitrogen and oxygen atoms in total. The highest BCUT2D eigenvalue weighted by molar-refractivity contribution is 6.30. The van der Waals surface area contributed by atoms with Gasteiger partial charge in [-0.05, 0) is 31.0 Å². The van der Waals surface area contributed by atoms with E-state index in [4.69, 9.17) is 25.5 Å². The Morgan fingerprint density at radius 1 is 1.15 bits per heavy atom. The quantitative estimate of drug-likeness (QED) is 0.264. The Morgan fingerprint density at radius 3 is 2.74 bits per heavy atom. The number of hydrogen-bond donors (Lipinski definition) is 1. The number of fused-ring (bicyclic) bond motifs is 11. The van der Waals surface area contributed by atoms with Crippen molar-refractivity contribution in [3.8, 4) is 5.88 Å². The average Bonchev–Trinajstić information content (AvgIpc) is 3.64. The van der Waals surface area contributed by atoms with Crippen LogP contribution in [0, 0.1) is 5.92 Å². The van der Waals surface area contributed by atoms with E-state index in [2.05, 4.69) is 15.0 Å². The SMILES string of the molecule is C[C@H]1CN2CC[C@]1(F)c1cc(Cl)cnc1O[C@H]1C[C@@H](C(=O)O)N(C1)c1nc(nc3c1oc1ccccc13)C(F)(F)OCCCCC2=O. The molecule has 0 radical (unpaired) electrons. The predicted molar refractivity (Wildman–Crippen MR) is 163 cm³/mol. The Hall–Kier alpha value is -4.17. The first-order valence-electron chi connectivity index (χ1n) is 15.4. The summed E-state index contributed by atoms with van der Waals surface area (Å²) in [6.07, 6.45) is -3.17. The lowest BCUT2D eigenvalue weighted by Gasteiger charge is -2.42. The van der Waals surface area contributed by atoms with Gasteiger partial charge in [0.2, 0.25) is 17.6 Å². The molecular weight excluding hydrogens is 643 g/mol. The van der Waals surface area contributed by atoms with Crippen molar-refractivity contribution in [3.63, 3.8) is 0 Å². The van der Waals surface area contributed by atoms with Crippen molar-refractivity contribution < 1.29 is 41.8 Å². The number of piperidine rings is 1. The van der Waals surface area contributed by atoms with Crippen LogP contribution >= 0.6 is 11.6 Å². The maximum atomic E-state index is 17.0. The molecule has 4 aromatic rings. The van der Waals surface area contributed by atoms with Crippen LogP contribution in [0.5, 0.6) is 5.88 Å². The fourth-order valence-corrected chi connectivity index (χ4v) is 6.92. The molecule has 6 bridgehead atoms. The number of nitrogens with zero attached hydrogens (tertiary/aromatic N) is 5. The minimum Gasteiger partial charge on any atom is -0.480 e. The molecule has 4 atom stereocenters. The second kappa shape index (κ2) is 11.8. The lowest BCUT2D eigenvalue weighted by atomic mass is 9.78. The molecule has 15 heteroatoms. The third-order valence-electron chi connectivity index (χ3n) is 9.27. The van der Waals surface area contributed by atoms with Gasteiger partial charge in [0, 0.05) is 49.9 Å². The van der Waals surface area contributed by atoms with E-state index in [1.165, 1.54) is 17.2 Å². The number of aliphatic carboxylic acids is 1. The Balaban J connectivity index is 1.35. The first-order valence-corrected chi connectivity index (χ1v) is 15.8. The van der Waals surface area contributed by atoms with E-state index in [0.717, 1.165) is 0 Å². The summed E-state index contributed by atoms with van der Waals surface area (Å²) in [4.78, 5) is 41.1. The third-order valence-corrected chi connectivity index (χ3v) is 9.47. The van der Waals surface area contributed by atoms with Gasteiger partial charge in [-0.15, -0.1) is 0 Å². The van der Waals surface area contributed by atoms with Gasteiger partial charge in [0.05, 0.1) is 23.7 Å². The standard InChI is InChI=1S/C32H31ClF3N5O6/c1-17-15-40-10-9-31(17,34)21-12-18(33)14-37-28(21)46-19-13-22(29(43)44)41(16-19)27-26-25(20-6-2-3-7-23(20)47-26)38-30(39-27)32(35,36)45-11-5-4-8-24(40)42/h2-3,6-7,12,14,17,19,22H,4-5,8-11,13,15-16H2,1H3,(H,43,44)/t17-,19-,22-,31+/m0/s1. The lowest BCUT2D eigenvalue weighted by molar-refractivity contribution is -0.254. The molecular formula is C32H31ClF3N5O6. The van der Waals surface area contributed by atoms with E-state index in [0.29, 0.717) is 11.0 Å². The normalized spacial score (nSPS) is 26.7. The summed E-state index contributed by atoms with van der Waals surface area (Å²) in [6, 6.07) is 6.86. The van der Waals surface area contributed by atoms with Crippen molar-refractivity contribution in [1.29, 1.82) is 0 Å². The summed E-state index contributed by atoms with van der Waals surface area (Å²) >= 11 is 6.28. The van der Waals surface area contributed by atoms with Gasteiger partial charge in [-0.25, -0.2) is 24.1 Å². The highest BCUT2D eigenvalue weighted by atomic mass is 35.5. The summed E-state index contributed by atoms with van der Waals surface area (Å²) in [7, 11) is 0. The van der Waals surface area contributed by atoms with Crippen molar-refractivity contribution in [2.45, 2.75) is 63.0 Å². The zero-order valence-corrected chi connectivity index (χ0v) is 26.1. The van der Waals surface area contributed by atoms with E-state index in [9.17, 15) is 14.7 Å². The number of ether oxygens (including phenoxy) is 2. The van der Waals surface area contributed by atoms with Gasteiger partial charge in [0.1, 0.15) is 28.9 Å². The molecule has 4 aliphatic heterocycles. The number of amides is 1. The van der Waals surface area contributed by atoms with Crippen LogP contribution < -0.4 is 9.64 Å². The van der Waals surface area contributed by atoms with Crippen LogP contribution in [0.25, 0.3) is 22.1 Å². The summed E-state index contributed by atoms with van der Waals surface area (Å²) in [6.45, 7) is 1.41. The number of carbonyl (C=O) groups is 2. The molecule has 0 saturated carbocycles. The van der Waals surface area contributed by atoms with Crippen LogP contribution in [-0.4, -0.2) is 75.2 Å². The van der Waals surface area contributed by atoms with Crippen LogP contribution in [0.15, 0.2) is 40.9 Å². The number of carboxylic acid groups (broad SMARTS) is 1. The zero-order valence-electron chi connectivity index (χ0n) is 25.3. The Kier molecular flexibility index (Phi) is 7.90. The predicted octanol–water partition coefficient (Wildman–Crippen LogP) is 5.82. The molecule has 3 aromatic heterocycles. The van der Waals surface area contributed by atoms with Crippen LogP contribution in [0.1, 0.15) is 50.4 Å². The number of carboxylic acids is 1. The highest BCUT2D eigenvalue weighted by Crippen LogP contribution is 2.46. The summed E-state index contributed by atoms with van der Waals surface area (Å²) in [5.41, 5.74) is -1.42. The zero-order chi connectivity index (χ0) is 33.1. The fourth-order valence-electron chi connectivity index (χ4n) is 6.77. The second-order valence-corrected chi connectivity index (χ2v) is 12.7. The minimum atomic E-state index is -3.95. The van der Waals surface area contributed by atoms with Gasteiger partial charge < -0.3 is 28.8 Å². The van der Waals surface area contributed by atoms with Crippen molar-refractivity contribution in [2.75, 3.05) is 31.1 Å². The molecule has 47 heavy (non-hydrogen) atoms. The number of pyridine rings is 1. The van der Waals surface area contributed by atoms with E-state index >= 15 is 13.2 Å². The number of furan rings is 1. The smallest absolute Gasteiger partial charge is 0.417 e. The Bertz CT molecular complexity index is 1880. The monoisotopic (exact) mass is 673 g/mol. The summed E-state index contributed by atoms with van der Waals surface area (Å²) < 4.78 is 65.4. The number of anilines is 1. The number of hydrogen-bond acceptors (Lipinski definition) is 9. The molecule has 4 aliphatic rings. The Morgan fingerprint density at radius 2 is 1.96 bits per heavy atom. The molecule has 0 aliphatic carbocycles. The summed E-state index contributed by atoms with van der Waals surface area (Å²) in [5, 5.41) is 10.9. The van der Waals surface area contributed by atoms with Gasteiger partial charge in [-0.1, -0.05) is 30.7 Å². The Labute approximate surface area is 271 Å². The molecule has 1 amide bonds.